The van der Waals surface area contributed by atoms with Gasteiger partial charge in [0.15, 0.2) is 6.20 Å². The van der Waals surface area contributed by atoms with Crippen LogP contribution in [-0.2, 0) is 6.54 Å². The Balaban J connectivity index is 0.00000812. The number of nitrogens with one attached hydrogen (secondary N) is 6. The molecule has 0 unspecified atom stereocenters. The molecule has 0 atom stereocenters. The van der Waals surface area contributed by atoms with E-state index in [9.17, 15) is 0 Å². The Hall–Kier alpha value is -2.29. The summed E-state index contributed by atoms with van der Waals surface area (Å²) < 4.78 is 2.42. The lowest BCUT2D eigenvalue weighted by atomic mass is 10.1. The first-order valence-electron chi connectivity index (χ1n) is 21.1. The molecule has 308 valence electrons. The zero-order valence-corrected chi connectivity index (χ0v) is 35.2. The molecule has 3 aromatic rings. The molecule has 0 fully saturated rings. The van der Waals surface area contributed by atoms with Crippen LogP contribution in [0.15, 0.2) is 70.7 Å². The maximum absolute atomic E-state index is 5.55. The van der Waals surface area contributed by atoms with Crippen molar-refractivity contribution in [3.63, 3.8) is 0 Å². The number of benzene rings is 2. The second kappa shape index (κ2) is 30.8. The monoisotopic (exact) mass is 798 g/mol. The first kappa shape index (κ1) is 47.1. The van der Waals surface area contributed by atoms with Crippen molar-refractivity contribution >= 4 is 46.8 Å². The smallest absolute Gasteiger partial charge is 0.213 e. The van der Waals surface area contributed by atoms with Gasteiger partial charge in [-0.05, 0) is 173 Å². The Morgan fingerprint density at radius 2 is 1.04 bits per heavy atom. The van der Waals surface area contributed by atoms with Gasteiger partial charge in [0.2, 0.25) is 5.52 Å². The predicted molar refractivity (Wildman–Crippen MR) is 241 cm³/mol. The van der Waals surface area contributed by atoms with Crippen LogP contribution in [0.25, 0.3) is 17.0 Å². The molecular weight excluding hydrogens is 724 g/mol. The number of halogens is 1. The Morgan fingerprint density at radius 3 is 1.64 bits per heavy atom. The number of rotatable bonds is 33. The number of hydrogen-bond acceptors (Lipinski definition) is 10. The quantitative estimate of drug-likeness (QED) is 0.0321. The van der Waals surface area contributed by atoms with Gasteiger partial charge in [-0.1, -0.05) is 36.0 Å². The Morgan fingerprint density at radius 1 is 0.545 bits per heavy atom. The topological polar surface area (TPSA) is 131 Å². The van der Waals surface area contributed by atoms with Gasteiger partial charge >= 0.3 is 0 Å². The summed E-state index contributed by atoms with van der Waals surface area (Å²) in [4.78, 5) is 3.87. The maximum Gasteiger partial charge on any atom is 0.213 e. The van der Waals surface area contributed by atoms with Crippen LogP contribution in [0.3, 0.4) is 0 Å². The fourth-order valence-electron chi connectivity index (χ4n) is 6.77. The molecule has 2 aromatic carbocycles. The second-order valence-corrected chi connectivity index (χ2v) is 15.4. The van der Waals surface area contributed by atoms with Gasteiger partial charge in [0, 0.05) is 36.5 Å². The molecule has 0 spiro atoms. The highest BCUT2D eigenvalue weighted by Gasteiger charge is 2.25. The molecule has 0 aliphatic carbocycles. The number of nitrogens with two attached hydrogens (primary N) is 2. The Bertz CT molecular complexity index is 1440. The molecular formula is C43H74ClN10S+. The van der Waals surface area contributed by atoms with Crippen LogP contribution in [0.5, 0.6) is 0 Å². The lowest BCUT2D eigenvalue weighted by Gasteiger charge is -2.21. The minimum absolute atomic E-state index is 0. The average Bonchev–Trinajstić information content (AvgIpc) is 3.55. The molecule has 0 amide bonds. The molecule has 0 radical (unpaired) electrons. The normalized spacial score (nSPS) is 13.2. The fraction of sp³-hybridized carbons (Fsp3) is 0.605. The fourth-order valence-corrected chi connectivity index (χ4v) is 7.91. The number of thioether (sulfide) groups is 1. The van der Waals surface area contributed by atoms with E-state index < -0.39 is 0 Å². The third-order valence-corrected chi connectivity index (χ3v) is 10.9. The Labute approximate surface area is 343 Å². The molecule has 4 rings (SSSR count). The van der Waals surface area contributed by atoms with Crippen LogP contribution in [0, 0.1) is 0 Å². The third-order valence-electron chi connectivity index (χ3n) is 9.81. The largest absolute Gasteiger partial charge is 0.335 e. The van der Waals surface area contributed by atoms with Gasteiger partial charge in [-0.3, -0.25) is 0 Å². The summed E-state index contributed by atoms with van der Waals surface area (Å²) in [6.07, 6.45) is 16.2. The van der Waals surface area contributed by atoms with Gasteiger partial charge in [-0.25, -0.2) is 0 Å². The van der Waals surface area contributed by atoms with E-state index in [4.69, 9.17) is 11.5 Å². The zero-order valence-electron chi connectivity index (χ0n) is 33.6. The van der Waals surface area contributed by atoms with Crippen molar-refractivity contribution in [1.29, 1.82) is 0 Å². The minimum Gasteiger partial charge on any atom is -0.335 e. The van der Waals surface area contributed by atoms with Crippen molar-refractivity contribution in [3.05, 3.63) is 71.4 Å². The number of pyridine rings is 1. The number of nitrogens with zero attached hydrogens (tertiary/aromatic N) is 2. The van der Waals surface area contributed by atoms with Crippen molar-refractivity contribution in [3.8, 4) is 0 Å². The lowest BCUT2D eigenvalue weighted by Crippen LogP contribution is -2.36. The number of para-hydroxylation sites is 2. The summed E-state index contributed by atoms with van der Waals surface area (Å²) in [5, 5.41) is 24.0. The van der Waals surface area contributed by atoms with E-state index in [0.29, 0.717) is 0 Å². The SMILES string of the molecule is Cl.NCCCNCCCCNCCCNCCCN1/C(=C/c2cc[n+](CCCNCCCNCCCCNCCCN)c3ccccc23)Sc2ccccc21. The van der Waals surface area contributed by atoms with E-state index in [2.05, 4.69) is 108 Å². The molecule has 10 N–H and O–H groups in total. The van der Waals surface area contributed by atoms with E-state index in [1.54, 1.807) is 0 Å². The van der Waals surface area contributed by atoms with Gasteiger partial charge < -0.3 is 48.3 Å². The Kier molecular flexibility index (Phi) is 26.4. The zero-order chi connectivity index (χ0) is 37.7. The average molecular weight is 799 g/mol. The van der Waals surface area contributed by atoms with Crippen molar-refractivity contribution in [2.24, 2.45) is 11.5 Å². The molecule has 1 aliphatic rings. The summed E-state index contributed by atoms with van der Waals surface area (Å²) in [5.41, 5.74) is 15.0. The number of fused-ring (bicyclic) bond motifs is 2. The maximum atomic E-state index is 5.55. The molecule has 0 saturated carbocycles. The van der Waals surface area contributed by atoms with Crippen LogP contribution in [-0.4, -0.2) is 98.2 Å². The number of unbranched alkanes of at least 4 members (excludes halogenated alkanes) is 2. The van der Waals surface area contributed by atoms with Gasteiger partial charge in [-0.15, -0.1) is 12.4 Å². The van der Waals surface area contributed by atoms with Crippen molar-refractivity contribution in [2.75, 3.05) is 103 Å². The predicted octanol–water partition coefficient (Wildman–Crippen LogP) is 4.82. The van der Waals surface area contributed by atoms with Gasteiger partial charge in [0.25, 0.3) is 0 Å². The highest BCUT2D eigenvalue weighted by molar-refractivity contribution is 8.03. The van der Waals surface area contributed by atoms with Gasteiger partial charge in [0.1, 0.15) is 6.54 Å². The summed E-state index contributed by atoms with van der Waals surface area (Å²) in [6, 6.07) is 20.0. The number of aromatic nitrogens is 1. The summed E-state index contributed by atoms with van der Waals surface area (Å²) in [5.74, 6) is 0. The molecule has 12 heteroatoms. The molecule has 55 heavy (non-hydrogen) atoms. The summed E-state index contributed by atoms with van der Waals surface area (Å²) in [7, 11) is 0. The van der Waals surface area contributed by atoms with E-state index in [1.165, 1.54) is 57.8 Å². The van der Waals surface area contributed by atoms with Crippen molar-refractivity contribution in [2.45, 2.75) is 75.6 Å². The van der Waals surface area contributed by atoms with Crippen LogP contribution >= 0.6 is 24.2 Å². The minimum atomic E-state index is 0. The first-order chi connectivity index (χ1) is 26.8. The standard InChI is InChI=1S/C43H73N10S.ClH/c44-20-9-26-46-22-5-7-24-48-28-11-30-50-32-13-34-52-36-19-38(39-15-1-2-16-40(39)52)37-43-53(41-17-3-4-18-42(41)54-43)35-14-33-51-31-12-29-49-25-8-6-23-47-27-10-21-45;/h1-4,15-19,36-37,46-51H,5-14,20-35,44-45H2;1H/q+1;. The molecule has 1 aromatic heterocycles. The van der Waals surface area contributed by atoms with Gasteiger partial charge in [0.05, 0.1) is 16.1 Å². The van der Waals surface area contributed by atoms with Crippen LogP contribution < -0.4 is 52.8 Å². The van der Waals surface area contributed by atoms with Crippen LogP contribution in [0.1, 0.15) is 69.8 Å². The van der Waals surface area contributed by atoms with Gasteiger partial charge in [-0.2, -0.15) is 4.57 Å². The highest BCUT2D eigenvalue weighted by atomic mass is 35.5. The molecule has 1 aliphatic heterocycles. The van der Waals surface area contributed by atoms with Crippen LogP contribution in [0.2, 0.25) is 0 Å². The third kappa shape index (κ3) is 18.7. The van der Waals surface area contributed by atoms with Crippen molar-refractivity contribution < 1.29 is 4.57 Å². The second-order valence-electron chi connectivity index (χ2n) is 14.3. The molecule has 10 nitrogen and oxygen atoms in total. The van der Waals surface area contributed by atoms with E-state index in [-0.39, 0.29) is 12.4 Å². The summed E-state index contributed by atoms with van der Waals surface area (Å²) in [6.45, 7) is 16.3. The van der Waals surface area contributed by atoms with E-state index >= 15 is 0 Å². The van der Waals surface area contributed by atoms with Crippen molar-refractivity contribution in [1.82, 2.24) is 31.9 Å². The highest BCUT2D eigenvalue weighted by Crippen LogP contribution is 2.46. The van der Waals surface area contributed by atoms with E-state index in [0.717, 1.165) is 143 Å². The van der Waals surface area contributed by atoms with E-state index in [1.807, 2.05) is 11.8 Å². The lowest BCUT2D eigenvalue weighted by molar-refractivity contribution is -0.671. The van der Waals surface area contributed by atoms with Crippen LogP contribution in [0.4, 0.5) is 5.69 Å². The number of aryl methyl sites for hydroxylation is 1. The number of hydrogen-bond donors (Lipinski definition) is 8. The number of anilines is 1. The summed E-state index contributed by atoms with van der Waals surface area (Å²) >= 11 is 1.90. The first-order valence-corrected chi connectivity index (χ1v) is 21.9. The molecule has 0 saturated heterocycles. The molecule has 0 bridgehead atoms. The molecule has 2 heterocycles.